The Hall–Kier alpha value is -1.94. The Kier molecular flexibility index (Phi) is 4.05. The van der Waals surface area contributed by atoms with Gasteiger partial charge in [-0.3, -0.25) is 5.43 Å². The van der Waals surface area contributed by atoms with Crippen LogP contribution in [0.5, 0.6) is 0 Å². The molecule has 0 spiro atoms. The molecule has 0 saturated carbocycles. The molecule has 1 heterocycles. The highest BCUT2D eigenvalue weighted by Crippen LogP contribution is 2.10. The van der Waals surface area contributed by atoms with Crippen molar-refractivity contribution in [1.82, 2.24) is 4.98 Å². The van der Waals surface area contributed by atoms with Gasteiger partial charge in [-0.25, -0.2) is 4.98 Å². The molecule has 17 heavy (non-hydrogen) atoms. The zero-order valence-electron chi connectivity index (χ0n) is 9.50. The van der Waals surface area contributed by atoms with E-state index >= 15 is 0 Å². The van der Waals surface area contributed by atoms with Crippen LogP contribution in [0.15, 0.2) is 52.6 Å². The van der Waals surface area contributed by atoms with E-state index in [0.717, 1.165) is 10.7 Å². The largest absolute Gasteiger partial charge is 0.253 e. The minimum atomic E-state index is 0.800. The molecule has 4 heteroatoms. The Morgan fingerprint density at radius 2 is 2.18 bits per heavy atom. The monoisotopic (exact) mass is 243 g/mol. The fraction of sp³-hybridized carbons (Fsp3) is 0.0769. The van der Waals surface area contributed by atoms with Crippen LogP contribution in [-0.2, 0) is 0 Å². The van der Waals surface area contributed by atoms with Crippen LogP contribution in [0, 0.1) is 0 Å². The lowest BCUT2D eigenvalue weighted by molar-refractivity contribution is 1.29. The van der Waals surface area contributed by atoms with E-state index in [9.17, 15) is 0 Å². The predicted octanol–water partition coefficient (Wildman–Crippen LogP) is 3.64. The molecule has 1 aromatic carbocycles. The summed E-state index contributed by atoms with van der Waals surface area (Å²) in [5, 5.41) is 6.82. The lowest BCUT2D eigenvalue weighted by atomic mass is 10.1. The summed E-state index contributed by atoms with van der Waals surface area (Å²) in [6.07, 6.45) is 5.61. The van der Waals surface area contributed by atoms with E-state index in [1.807, 2.05) is 30.5 Å². The van der Waals surface area contributed by atoms with Crippen LogP contribution in [0.4, 0.5) is 5.13 Å². The molecule has 0 aliphatic rings. The van der Waals surface area contributed by atoms with Crippen LogP contribution >= 0.6 is 11.3 Å². The van der Waals surface area contributed by atoms with Crippen LogP contribution < -0.4 is 5.43 Å². The van der Waals surface area contributed by atoms with Gasteiger partial charge >= 0.3 is 0 Å². The maximum atomic E-state index is 4.11. The van der Waals surface area contributed by atoms with Crippen LogP contribution in [0.2, 0.25) is 0 Å². The molecule has 2 rings (SSSR count). The number of hydrogen-bond donors (Lipinski definition) is 1. The number of rotatable bonds is 4. The number of nitrogens with one attached hydrogen (secondary N) is 1. The number of thiazole rings is 1. The summed E-state index contributed by atoms with van der Waals surface area (Å²) >= 11 is 1.52. The number of hydrogen-bond acceptors (Lipinski definition) is 4. The molecule has 0 radical (unpaired) electrons. The van der Waals surface area contributed by atoms with E-state index < -0.39 is 0 Å². The first-order chi connectivity index (χ1) is 8.34. The standard InChI is InChI=1S/C13H13N3S/c1-11(9-12-5-3-2-4-6-12)10-15-16-13-14-7-8-17-13/h2-10H,1H3,(H,14,16). The third kappa shape index (κ3) is 3.85. The van der Waals surface area contributed by atoms with Gasteiger partial charge in [0, 0.05) is 11.6 Å². The van der Waals surface area contributed by atoms with Crippen molar-refractivity contribution in [2.75, 3.05) is 5.43 Å². The Morgan fingerprint density at radius 1 is 1.35 bits per heavy atom. The normalized spacial score (nSPS) is 11.9. The quantitative estimate of drug-likeness (QED) is 0.657. The summed E-state index contributed by atoms with van der Waals surface area (Å²) in [5.41, 5.74) is 5.13. The van der Waals surface area contributed by atoms with E-state index in [0.29, 0.717) is 0 Å². The van der Waals surface area contributed by atoms with Crippen LogP contribution in [0.1, 0.15) is 12.5 Å². The molecular formula is C13H13N3S. The van der Waals surface area contributed by atoms with Gasteiger partial charge in [0.05, 0.1) is 6.21 Å². The zero-order valence-corrected chi connectivity index (χ0v) is 10.3. The molecule has 0 unspecified atom stereocenters. The number of hydrazone groups is 1. The third-order valence-electron chi connectivity index (χ3n) is 2.05. The molecule has 0 aliphatic carbocycles. The van der Waals surface area contributed by atoms with E-state index in [1.54, 1.807) is 12.4 Å². The minimum absolute atomic E-state index is 0.800. The molecule has 1 N–H and O–H groups in total. The number of aromatic nitrogens is 1. The minimum Gasteiger partial charge on any atom is -0.253 e. The Balaban J connectivity index is 1.95. The highest BCUT2D eigenvalue weighted by Gasteiger charge is 1.90. The van der Waals surface area contributed by atoms with Gasteiger partial charge in [-0.1, -0.05) is 36.4 Å². The average molecular weight is 243 g/mol. The third-order valence-corrected chi connectivity index (χ3v) is 2.73. The molecule has 0 saturated heterocycles. The molecule has 0 amide bonds. The summed E-state index contributed by atoms with van der Waals surface area (Å²) in [5.74, 6) is 0. The molecular weight excluding hydrogens is 230 g/mol. The molecule has 3 nitrogen and oxygen atoms in total. The van der Waals surface area contributed by atoms with Crippen LogP contribution in [-0.4, -0.2) is 11.2 Å². The van der Waals surface area contributed by atoms with Gasteiger partial charge in [0.15, 0.2) is 0 Å². The summed E-state index contributed by atoms with van der Waals surface area (Å²) in [7, 11) is 0. The zero-order chi connectivity index (χ0) is 11.9. The number of allylic oxidation sites excluding steroid dienone is 1. The highest BCUT2D eigenvalue weighted by molar-refractivity contribution is 7.13. The van der Waals surface area contributed by atoms with Crippen molar-refractivity contribution >= 4 is 28.8 Å². The van der Waals surface area contributed by atoms with Crippen molar-refractivity contribution in [2.24, 2.45) is 5.10 Å². The lowest BCUT2D eigenvalue weighted by Gasteiger charge is -1.95. The van der Waals surface area contributed by atoms with Gasteiger partial charge < -0.3 is 0 Å². The van der Waals surface area contributed by atoms with E-state index in [4.69, 9.17) is 0 Å². The second-order valence-electron chi connectivity index (χ2n) is 3.51. The Labute approximate surface area is 105 Å². The van der Waals surface area contributed by atoms with Gasteiger partial charge in [0.25, 0.3) is 0 Å². The Bertz CT molecular complexity index is 501. The molecule has 0 bridgehead atoms. The van der Waals surface area contributed by atoms with E-state index in [1.165, 1.54) is 16.9 Å². The first-order valence-electron chi connectivity index (χ1n) is 5.26. The first kappa shape index (κ1) is 11.5. The predicted molar refractivity (Wildman–Crippen MR) is 74.3 cm³/mol. The first-order valence-corrected chi connectivity index (χ1v) is 6.14. The number of nitrogens with zero attached hydrogens (tertiary/aromatic N) is 2. The maximum Gasteiger partial charge on any atom is 0.203 e. The summed E-state index contributed by atoms with van der Waals surface area (Å²) in [6.45, 7) is 2.01. The number of benzene rings is 1. The Morgan fingerprint density at radius 3 is 2.88 bits per heavy atom. The molecule has 0 aliphatic heterocycles. The fourth-order valence-corrected chi connectivity index (χ4v) is 1.80. The second kappa shape index (κ2) is 5.96. The van der Waals surface area contributed by atoms with Gasteiger partial charge in [-0.2, -0.15) is 5.10 Å². The van der Waals surface area contributed by atoms with Crippen molar-refractivity contribution in [3.8, 4) is 0 Å². The van der Waals surface area contributed by atoms with Crippen molar-refractivity contribution < 1.29 is 0 Å². The molecule has 86 valence electrons. The molecule has 2 aromatic rings. The van der Waals surface area contributed by atoms with Crippen molar-refractivity contribution in [3.05, 3.63) is 53.0 Å². The topological polar surface area (TPSA) is 37.3 Å². The summed E-state index contributed by atoms with van der Waals surface area (Å²) in [4.78, 5) is 4.07. The second-order valence-corrected chi connectivity index (χ2v) is 4.40. The van der Waals surface area contributed by atoms with Crippen molar-refractivity contribution in [1.29, 1.82) is 0 Å². The SMILES string of the molecule is CC(C=NNc1nccs1)=Cc1ccccc1. The van der Waals surface area contributed by atoms with Crippen LogP contribution in [0.3, 0.4) is 0 Å². The smallest absolute Gasteiger partial charge is 0.203 e. The fourth-order valence-electron chi connectivity index (χ4n) is 1.32. The summed E-state index contributed by atoms with van der Waals surface area (Å²) in [6, 6.07) is 10.2. The van der Waals surface area contributed by atoms with Gasteiger partial charge in [-0.05, 0) is 18.1 Å². The molecule has 0 fully saturated rings. The van der Waals surface area contributed by atoms with Crippen molar-refractivity contribution in [2.45, 2.75) is 6.92 Å². The maximum absolute atomic E-state index is 4.11. The molecule has 1 aromatic heterocycles. The van der Waals surface area contributed by atoms with Gasteiger partial charge in [0.1, 0.15) is 0 Å². The van der Waals surface area contributed by atoms with Crippen molar-refractivity contribution in [3.63, 3.8) is 0 Å². The van der Waals surface area contributed by atoms with E-state index in [2.05, 4.69) is 33.7 Å². The van der Waals surface area contributed by atoms with Gasteiger partial charge in [-0.15, -0.1) is 11.3 Å². The average Bonchev–Trinajstić information content (AvgIpc) is 2.83. The molecule has 0 atom stereocenters. The van der Waals surface area contributed by atoms with E-state index in [-0.39, 0.29) is 0 Å². The summed E-state index contributed by atoms with van der Waals surface area (Å²) < 4.78 is 0. The van der Waals surface area contributed by atoms with Gasteiger partial charge in [0.2, 0.25) is 5.13 Å². The highest BCUT2D eigenvalue weighted by atomic mass is 32.1. The number of anilines is 1. The lowest BCUT2D eigenvalue weighted by Crippen LogP contribution is -1.88. The van der Waals surface area contributed by atoms with Crippen LogP contribution in [0.25, 0.3) is 6.08 Å².